The molecule has 0 unspecified atom stereocenters. The zero-order chi connectivity index (χ0) is 13.8. The first kappa shape index (κ1) is 13.0. The largest absolute Gasteiger partial charge is 0.496 e. The van der Waals surface area contributed by atoms with Crippen LogP contribution in [0.1, 0.15) is 10.4 Å². The van der Waals surface area contributed by atoms with Gasteiger partial charge in [-0.3, -0.25) is 0 Å². The number of esters is 1. The van der Waals surface area contributed by atoms with Gasteiger partial charge in [0.1, 0.15) is 11.3 Å². The van der Waals surface area contributed by atoms with E-state index in [1.807, 2.05) is 30.3 Å². The predicted molar refractivity (Wildman–Crippen MR) is 74.2 cm³/mol. The minimum absolute atomic E-state index is 0.380. The van der Waals surface area contributed by atoms with Crippen LogP contribution in [0.25, 0.3) is 11.1 Å². The Hall–Kier alpha value is -2.49. The van der Waals surface area contributed by atoms with Crippen molar-refractivity contribution in [3.63, 3.8) is 0 Å². The lowest BCUT2D eigenvalue weighted by atomic mass is 10.0. The van der Waals surface area contributed by atoms with Crippen molar-refractivity contribution < 1.29 is 14.3 Å². The molecule has 0 aliphatic heterocycles. The third-order valence-corrected chi connectivity index (χ3v) is 2.88. The van der Waals surface area contributed by atoms with E-state index < -0.39 is 5.97 Å². The Morgan fingerprint density at radius 1 is 1.11 bits per heavy atom. The Labute approximate surface area is 111 Å². The first-order valence-corrected chi connectivity index (χ1v) is 5.78. The number of carbonyl (C=O) groups is 1. The van der Waals surface area contributed by atoms with Gasteiger partial charge < -0.3 is 15.2 Å². The molecule has 2 aromatic carbocycles. The molecule has 0 atom stereocenters. The first-order chi connectivity index (χ1) is 9.17. The summed E-state index contributed by atoms with van der Waals surface area (Å²) in [6.07, 6.45) is 0. The molecule has 2 aromatic rings. The zero-order valence-electron chi connectivity index (χ0n) is 10.8. The highest BCUT2D eigenvalue weighted by Crippen LogP contribution is 2.30. The molecule has 0 radical (unpaired) electrons. The number of hydrogen-bond acceptors (Lipinski definition) is 4. The summed E-state index contributed by atoms with van der Waals surface area (Å²) in [5.74, 6) is 0.0401. The monoisotopic (exact) mass is 257 g/mol. The molecule has 98 valence electrons. The van der Waals surface area contributed by atoms with Gasteiger partial charge in [-0.25, -0.2) is 4.79 Å². The second kappa shape index (κ2) is 5.44. The maximum atomic E-state index is 11.7. The molecule has 0 amide bonds. The standard InChI is InChI=1S/C15H15NO3/c1-18-14-8-7-10(9-12(14)15(17)19-2)11-5-3-4-6-13(11)16/h3-9H,16H2,1-2H3. The Morgan fingerprint density at radius 2 is 1.84 bits per heavy atom. The van der Waals surface area contributed by atoms with Crippen molar-refractivity contribution in [3.05, 3.63) is 48.0 Å². The Balaban J connectivity index is 2.55. The van der Waals surface area contributed by atoms with Crippen LogP contribution in [0, 0.1) is 0 Å². The second-order valence-corrected chi connectivity index (χ2v) is 3.99. The van der Waals surface area contributed by atoms with Crippen molar-refractivity contribution in [1.82, 2.24) is 0 Å². The average Bonchev–Trinajstić information content (AvgIpc) is 2.46. The van der Waals surface area contributed by atoms with Crippen LogP contribution in [0.5, 0.6) is 5.75 Å². The van der Waals surface area contributed by atoms with E-state index in [0.717, 1.165) is 11.1 Å². The van der Waals surface area contributed by atoms with E-state index in [1.54, 1.807) is 12.1 Å². The normalized spacial score (nSPS) is 10.0. The van der Waals surface area contributed by atoms with E-state index in [0.29, 0.717) is 17.0 Å². The van der Waals surface area contributed by atoms with Crippen molar-refractivity contribution >= 4 is 11.7 Å². The van der Waals surface area contributed by atoms with Crippen molar-refractivity contribution in [2.45, 2.75) is 0 Å². The molecular weight excluding hydrogens is 242 g/mol. The van der Waals surface area contributed by atoms with E-state index in [9.17, 15) is 4.79 Å². The second-order valence-electron chi connectivity index (χ2n) is 3.99. The zero-order valence-corrected chi connectivity index (χ0v) is 10.8. The van der Waals surface area contributed by atoms with Crippen molar-refractivity contribution in [2.75, 3.05) is 20.0 Å². The van der Waals surface area contributed by atoms with E-state index in [2.05, 4.69) is 0 Å². The van der Waals surface area contributed by atoms with E-state index in [4.69, 9.17) is 15.2 Å². The number of ether oxygens (including phenoxy) is 2. The lowest BCUT2D eigenvalue weighted by Gasteiger charge is -2.10. The smallest absolute Gasteiger partial charge is 0.341 e. The quantitative estimate of drug-likeness (QED) is 0.678. The van der Waals surface area contributed by atoms with E-state index >= 15 is 0 Å². The van der Waals surface area contributed by atoms with E-state index in [-0.39, 0.29) is 0 Å². The van der Waals surface area contributed by atoms with Crippen LogP contribution in [0.3, 0.4) is 0 Å². The van der Waals surface area contributed by atoms with Crippen molar-refractivity contribution in [2.24, 2.45) is 0 Å². The van der Waals surface area contributed by atoms with E-state index in [1.165, 1.54) is 14.2 Å². The topological polar surface area (TPSA) is 61.5 Å². The van der Waals surface area contributed by atoms with Gasteiger partial charge >= 0.3 is 5.97 Å². The van der Waals surface area contributed by atoms with Crippen LogP contribution in [-0.4, -0.2) is 20.2 Å². The average molecular weight is 257 g/mol. The molecule has 0 heterocycles. The number of hydrogen-bond donors (Lipinski definition) is 1. The minimum Gasteiger partial charge on any atom is -0.496 e. The molecule has 19 heavy (non-hydrogen) atoms. The van der Waals surface area contributed by atoms with Crippen molar-refractivity contribution in [3.8, 4) is 16.9 Å². The molecule has 2 rings (SSSR count). The highest BCUT2D eigenvalue weighted by atomic mass is 16.5. The van der Waals surface area contributed by atoms with Crippen molar-refractivity contribution in [1.29, 1.82) is 0 Å². The minimum atomic E-state index is -0.437. The van der Waals surface area contributed by atoms with Gasteiger partial charge in [0.2, 0.25) is 0 Å². The number of carbonyl (C=O) groups excluding carboxylic acids is 1. The number of benzene rings is 2. The molecule has 0 aliphatic carbocycles. The summed E-state index contributed by atoms with van der Waals surface area (Å²) in [7, 11) is 2.85. The third-order valence-electron chi connectivity index (χ3n) is 2.88. The molecule has 0 bridgehead atoms. The highest BCUT2D eigenvalue weighted by Gasteiger charge is 2.14. The predicted octanol–water partition coefficient (Wildman–Crippen LogP) is 2.73. The molecule has 4 heteroatoms. The number of nitrogens with two attached hydrogens (primary N) is 1. The van der Waals surface area contributed by atoms with Gasteiger partial charge in [-0.2, -0.15) is 0 Å². The molecule has 0 aromatic heterocycles. The Kier molecular flexibility index (Phi) is 3.71. The summed E-state index contributed by atoms with van der Waals surface area (Å²) >= 11 is 0. The highest BCUT2D eigenvalue weighted by molar-refractivity contribution is 5.94. The molecule has 0 saturated heterocycles. The maximum absolute atomic E-state index is 11.7. The van der Waals surface area contributed by atoms with Crippen LogP contribution in [0.15, 0.2) is 42.5 Å². The molecule has 4 nitrogen and oxygen atoms in total. The van der Waals surface area contributed by atoms with Crippen LogP contribution < -0.4 is 10.5 Å². The third kappa shape index (κ3) is 2.52. The van der Waals surface area contributed by atoms with Gasteiger partial charge in [0.25, 0.3) is 0 Å². The van der Waals surface area contributed by atoms with Crippen LogP contribution in [0.2, 0.25) is 0 Å². The number of methoxy groups -OCH3 is 2. The number of anilines is 1. The van der Waals surface area contributed by atoms with Gasteiger partial charge in [0.15, 0.2) is 0 Å². The molecule has 0 spiro atoms. The summed E-state index contributed by atoms with van der Waals surface area (Å²) in [5, 5.41) is 0. The van der Waals surface area contributed by atoms with Gasteiger partial charge in [-0.15, -0.1) is 0 Å². The first-order valence-electron chi connectivity index (χ1n) is 5.78. The SMILES string of the molecule is COC(=O)c1cc(-c2ccccc2N)ccc1OC. The lowest BCUT2D eigenvalue weighted by Crippen LogP contribution is -2.04. The lowest BCUT2D eigenvalue weighted by molar-refractivity contribution is 0.0597. The number of para-hydroxylation sites is 1. The van der Waals surface area contributed by atoms with Crippen LogP contribution >= 0.6 is 0 Å². The Bertz CT molecular complexity index is 608. The van der Waals surface area contributed by atoms with Gasteiger partial charge in [-0.1, -0.05) is 24.3 Å². The van der Waals surface area contributed by atoms with Gasteiger partial charge in [0.05, 0.1) is 14.2 Å². The summed E-state index contributed by atoms with van der Waals surface area (Å²) in [5.41, 5.74) is 8.69. The molecule has 0 saturated carbocycles. The Morgan fingerprint density at radius 3 is 2.47 bits per heavy atom. The fourth-order valence-corrected chi connectivity index (χ4v) is 1.90. The maximum Gasteiger partial charge on any atom is 0.341 e. The number of nitrogen functional groups attached to an aromatic ring is 1. The number of rotatable bonds is 3. The molecule has 2 N–H and O–H groups in total. The summed E-state index contributed by atoms with van der Waals surface area (Å²) in [6.45, 7) is 0. The molecular formula is C15H15NO3. The van der Waals surface area contributed by atoms with Crippen LogP contribution in [0.4, 0.5) is 5.69 Å². The fourth-order valence-electron chi connectivity index (χ4n) is 1.90. The summed E-state index contributed by atoms with van der Waals surface area (Å²) < 4.78 is 9.91. The van der Waals surface area contributed by atoms with Crippen LogP contribution in [-0.2, 0) is 4.74 Å². The summed E-state index contributed by atoms with van der Waals surface area (Å²) in [6, 6.07) is 12.8. The fraction of sp³-hybridized carbons (Fsp3) is 0.133. The molecule has 0 fully saturated rings. The van der Waals surface area contributed by atoms with Gasteiger partial charge in [-0.05, 0) is 23.8 Å². The van der Waals surface area contributed by atoms with Gasteiger partial charge in [0, 0.05) is 11.3 Å². The molecule has 0 aliphatic rings. The summed E-state index contributed by atoms with van der Waals surface area (Å²) in [4.78, 5) is 11.7.